The number of thioether (sulfide) groups is 1. The highest BCUT2D eigenvalue weighted by molar-refractivity contribution is 7.98. The maximum atomic E-state index is 11.9. The van der Waals surface area contributed by atoms with Gasteiger partial charge in [0.1, 0.15) is 5.75 Å². The van der Waals surface area contributed by atoms with Crippen LogP contribution in [0, 0.1) is 6.92 Å². The summed E-state index contributed by atoms with van der Waals surface area (Å²) < 4.78 is 29.6. The molecule has 2 rings (SSSR count). The first-order valence-electron chi connectivity index (χ1n) is 9.27. The minimum Gasteiger partial charge on any atom is -0.484 e. The highest BCUT2D eigenvalue weighted by atomic mass is 32.2. The van der Waals surface area contributed by atoms with E-state index in [1.807, 2.05) is 0 Å². The maximum Gasteiger partial charge on any atom is 0.257 e. The molecule has 0 heterocycles. The third-order valence-electron chi connectivity index (χ3n) is 4.22. The first kappa shape index (κ1) is 23.3. The topological polar surface area (TPSA) is 75.7 Å². The molecule has 0 aliphatic heterocycles. The molecule has 1 N–H and O–H groups in total. The van der Waals surface area contributed by atoms with Gasteiger partial charge < -0.3 is 10.1 Å². The molecule has 0 radical (unpaired) electrons. The molecule has 0 aromatic heterocycles. The lowest BCUT2D eigenvalue weighted by Gasteiger charge is -2.14. The molecule has 0 atom stereocenters. The summed E-state index contributed by atoms with van der Waals surface area (Å²) in [6, 6.07) is 15.5. The van der Waals surface area contributed by atoms with E-state index in [1.54, 1.807) is 36.0 Å². The monoisotopic (exact) mass is 436 g/mol. The first-order valence-corrected chi connectivity index (χ1v) is 12.3. The van der Waals surface area contributed by atoms with Gasteiger partial charge in [-0.05, 0) is 30.2 Å². The van der Waals surface area contributed by atoms with E-state index in [2.05, 4.69) is 36.5 Å². The van der Waals surface area contributed by atoms with Crippen molar-refractivity contribution in [2.45, 2.75) is 19.2 Å². The zero-order valence-electron chi connectivity index (χ0n) is 17.1. The van der Waals surface area contributed by atoms with Crippen LogP contribution in [0.2, 0.25) is 0 Å². The molecule has 0 saturated carbocycles. The highest BCUT2D eigenvalue weighted by Gasteiger charge is 2.11. The van der Waals surface area contributed by atoms with Crippen molar-refractivity contribution in [3.63, 3.8) is 0 Å². The summed E-state index contributed by atoms with van der Waals surface area (Å²) in [7, 11) is -1.69. The number of carbonyl (C=O) groups is 1. The number of ether oxygens (including phenoxy) is 1. The summed E-state index contributed by atoms with van der Waals surface area (Å²) >= 11 is 1.77. The van der Waals surface area contributed by atoms with Crippen LogP contribution in [0.25, 0.3) is 0 Å². The number of amides is 1. The molecule has 2 aromatic carbocycles. The van der Waals surface area contributed by atoms with E-state index in [0.717, 1.165) is 17.1 Å². The second-order valence-electron chi connectivity index (χ2n) is 6.84. The van der Waals surface area contributed by atoms with Crippen LogP contribution in [0.4, 0.5) is 0 Å². The number of nitrogens with zero attached hydrogens (tertiary/aromatic N) is 1. The largest absolute Gasteiger partial charge is 0.484 e. The van der Waals surface area contributed by atoms with Gasteiger partial charge in [0.2, 0.25) is 10.0 Å². The van der Waals surface area contributed by atoms with Gasteiger partial charge in [0.15, 0.2) is 6.61 Å². The van der Waals surface area contributed by atoms with E-state index in [4.69, 9.17) is 4.74 Å². The summed E-state index contributed by atoms with van der Waals surface area (Å²) in [6.45, 7) is 2.90. The van der Waals surface area contributed by atoms with Gasteiger partial charge in [-0.25, -0.2) is 12.7 Å². The molecule has 0 aliphatic rings. The number of carbonyl (C=O) groups excluding carboxylic acids is 1. The van der Waals surface area contributed by atoms with E-state index < -0.39 is 10.0 Å². The Morgan fingerprint density at radius 3 is 2.31 bits per heavy atom. The lowest BCUT2D eigenvalue weighted by atomic mass is 10.2. The normalized spacial score (nSPS) is 11.4. The van der Waals surface area contributed by atoms with E-state index in [-0.39, 0.29) is 12.5 Å². The Labute approximate surface area is 177 Å². The van der Waals surface area contributed by atoms with Gasteiger partial charge in [0, 0.05) is 31.6 Å². The van der Waals surface area contributed by atoms with Crippen LogP contribution < -0.4 is 10.1 Å². The van der Waals surface area contributed by atoms with Crippen molar-refractivity contribution in [3.8, 4) is 5.75 Å². The molecule has 29 heavy (non-hydrogen) atoms. The van der Waals surface area contributed by atoms with E-state index >= 15 is 0 Å². The van der Waals surface area contributed by atoms with Crippen molar-refractivity contribution >= 4 is 27.7 Å². The standard InChI is InChI=1S/C21H28N2O4S2/c1-17-4-6-19(7-5-17)16-28-13-12-22-21(24)15-27-20-10-8-18(9-11-20)14-23(2)29(3,25)26/h4-11H,12-16H2,1-3H3,(H,22,24). The van der Waals surface area contributed by atoms with Gasteiger partial charge in [-0.3, -0.25) is 4.79 Å². The molecule has 0 fully saturated rings. The molecule has 8 heteroatoms. The molecule has 158 valence electrons. The Morgan fingerprint density at radius 2 is 1.69 bits per heavy atom. The van der Waals surface area contributed by atoms with Crippen molar-refractivity contribution in [3.05, 3.63) is 65.2 Å². The minimum atomic E-state index is -3.22. The SMILES string of the molecule is Cc1ccc(CSCCNC(=O)COc2ccc(CN(C)S(C)(=O)=O)cc2)cc1. The quantitative estimate of drug-likeness (QED) is 0.548. The van der Waals surface area contributed by atoms with Crippen molar-refractivity contribution in [2.24, 2.45) is 0 Å². The number of hydrogen-bond acceptors (Lipinski definition) is 5. The highest BCUT2D eigenvalue weighted by Crippen LogP contribution is 2.14. The molecule has 1 amide bonds. The van der Waals surface area contributed by atoms with Crippen LogP contribution in [0.1, 0.15) is 16.7 Å². The number of benzene rings is 2. The fourth-order valence-electron chi connectivity index (χ4n) is 2.40. The van der Waals surface area contributed by atoms with Crippen LogP contribution in [0.15, 0.2) is 48.5 Å². The smallest absolute Gasteiger partial charge is 0.257 e. The lowest BCUT2D eigenvalue weighted by Crippen LogP contribution is -2.30. The number of aryl methyl sites for hydroxylation is 1. The fourth-order valence-corrected chi connectivity index (χ4v) is 3.60. The van der Waals surface area contributed by atoms with Crippen LogP contribution in [-0.2, 0) is 27.1 Å². The Morgan fingerprint density at radius 1 is 1.07 bits per heavy atom. The Hall–Kier alpha value is -2.03. The van der Waals surface area contributed by atoms with Gasteiger partial charge in [0.05, 0.1) is 6.26 Å². The van der Waals surface area contributed by atoms with Crippen LogP contribution in [0.5, 0.6) is 5.75 Å². The van der Waals surface area contributed by atoms with Crippen LogP contribution in [-0.4, -0.2) is 50.8 Å². The van der Waals surface area contributed by atoms with Gasteiger partial charge in [-0.2, -0.15) is 11.8 Å². The van der Waals surface area contributed by atoms with Gasteiger partial charge in [-0.15, -0.1) is 0 Å². The summed E-state index contributed by atoms with van der Waals surface area (Å²) in [5.74, 6) is 2.16. The van der Waals surface area contributed by atoms with E-state index in [9.17, 15) is 13.2 Å². The molecular formula is C21H28N2O4S2. The van der Waals surface area contributed by atoms with Crippen molar-refractivity contribution in [1.82, 2.24) is 9.62 Å². The predicted octanol–water partition coefficient (Wildman–Crippen LogP) is 2.81. The fraction of sp³-hybridized carbons (Fsp3) is 0.381. The molecule has 6 nitrogen and oxygen atoms in total. The van der Waals surface area contributed by atoms with Crippen molar-refractivity contribution in [1.29, 1.82) is 0 Å². The van der Waals surface area contributed by atoms with Gasteiger partial charge in [-0.1, -0.05) is 42.0 Å². The van der Waals surface area contributed by atoms with Crippen molar-refractivity contribution < 1.29 is 17.9 Å². The number of sulfonamides is 1. The number of hydrogen-bond donors (Lipinski definition) is 1. The molecule has 0 saturated heterocycles. The summed E-state index contributed by atoms with van der Waals surface area (Å²) in [5.41, 5.74) is 3.38. The predicted molar refractivity (Wildman–Crippen MR) is 119 cm³/mol. The Balaban J connectivity index is 1.62. The maximum absolute atomic E-state index is 11.9. The minimum absolute atomic E-state index is 0.0504. The average Bonchev–Trinajstić information content (AvgIpc) is 2.68. The molecule has 0 bridgehead atoms. The number of nitrogens with one attached hydrogen (secondary N) is 1. The molecule has 2 aromatic rings. The summed E-state index contributed by atoms with van der Waals surface area (Å²) in [4.78, 5) is 11.9. The Kier molecular flexibility index (Phi) is 9.00. The van der Waals surface area contributed by atoms with Crippen molar-refractivity contribution in [2.75, 3.05) is 32.2 Å². The summed E-state index contributed by atoms with van der Waals surface area (Å²) in [6.07, 6.45) is 1.17. The molecular weight excluding hydrogens is 408 g/mol. The van der Waals surface area contributed by atoms with E-state index in [1.165, 1.54) is 28.7 Å². The average molecular weight is 437 g/mol. The van der Waals surface area contributed by atoms with Crippen LogP contribution in [0.3, 0.4) is 0 Å². The van der Waals surface area contributed by atoms with Gasteiger partial charge >= 0.3 is 0 Å². The van der Waals surface area contributed by atoms with E-state index in [0.29, 0.717) is 18.8 Å². The second kappa shape index (κ2) is 11.2. The molecule has 0 unspecified atom stereocenters. The third kappa shape index (κ3) is 8.89. The van der Waals surface area contributed by atoms with Gasteiger partial charge in [0.25, 0.3) is 5.91 Å². The lowest BCUT2D eigenvalue weighted by molar-refractivity contribution is -0.122. The third-order valence-corrected chi connectivity index (χ3v) is 6.51. The zero-order chi connectivity index (χ0) is 21.3. The Bertz CT molecular complexity index is 882. The van der Waals surface area contributed by atoms with Crippen LogP contribution >= 0.6 is 11.8 Å². The molecule has 0 spiro atoms. The number of rotatable bonds is 11. The summed E-state index contributed by atoms with van der Waals surface area (Å²) in [5, 5.41) is 2.84. The first-order chi connectivity index (χ1) is 13.7. The zero-order valence-corrected chi connectivity index (χ0v) is 18.7. The molecule has 0 aliphatic carbocycles. The second-order valence-corrected chi connectivity index (χ2v) is 10.0.